The molecule has 2 aromatic rings. The summed E-state index contributed by atoms with van der Waals surface area (Å²) in [5, 5.41) is 15.5. The molecule has 1 fully saturated rings. The monoisotopic (exact) mass is 383 g/mol. The maximum atomic E-state index is 4.83. The predicted molar refractivity (Wildman–Crippen MR) is 113 cm³/mol. The van der Waals surface area contributed by atoms with E-state index in [-0.39, 0.29) is 0 Å². The Labute approximate surface area is 168 Å². The summed E-state index contributed by atoms with van der Waals surface area (Å²) in [5.41, 5.74) is 1.20. The van der Waals surface area contributed by atoms with Crippen LogP contribution in [0.1, 0.15) is 38.0 Å². The molecule has 7 heteroatoms. The second kappa shape index (κ2) is 9.19. The first-order chi connectivity index (χ1) is 13.4. The zero-order chi connectivity index (χ0) is 20.1. The van der Waals surface area contributed by atoms with Gasteiger partial charge in [-0.15, -0.1) is 10.2 Å². The molecule has 1 aromatic heterocycles. The summed E-state index contributed by atoms with van der Waals surface area (Å²) in [6.45, 7) is 12.2. The van der Waals surface area contributed by atoms with Crippen molar-refractivity contribution in [2.24, 2.45) is 18.0 Å². The normalized spacial score (nSPS) is 20.7. The molecule has 2 atom stereocenters. The number of aromatic nitrogens is 3. The van der Waals surface area contributed by atoms with Crippen molar-refractivity contribution >= 4 is 5.96 Å². The topological polar surface area (TPSA) is 70.4 Å². The van der Waals surface area contributed by atoms with Crippen molar-refractivity contribution in [1.82, 2.24) is 30.3 Å². The number of likely N-dealkylation sites (tertiary alicyclic amines) is 1. The van der Waals surface area contributed by atoms with Gasteiger partial charge >= 0.3 is 0 Å². The van der Waals surface area contributed by atoms with Crippen molar-refractivity contribution in [3.05, 3.63) is 47.5 Å². The molecule has 1 saturated heterocycles. The van der Waals surface area contributed by atoms with Crippen molar-refractivity contribution in [2.75, 3.05) is 13.1 Å². The maximum Gasteiger partial charge on any atom is 0.192 e. The quantitative estimate of drug-likeness (QED) is 0.590. The molecule has 0 aliphatic carbocycles. The molecule has 152 valence electrons. The molecule has 0 spiro atoms. The third kappa shape index (κ3) is 5.10. The number of benzene rings is 1. The molecule has 2 unspecified atom stereocenters. The highest BCUT2D eigenvalue weighted by molar-refractivity contribution is 5.80. The smallest absolute Gasteiger partial charge is 0.192 e. The van der Waals surface area contributed by atoms with Gasteiger partial charge in [0.05, 0.1) is 13.1 Å². The van der Waals surface area contributed by atoms with Crippen LogP contribution in [0.3, 0.4) is 0 Å². The van der Waals surface area contributed by atoms with Gasteiger partial charge in [-0.3, -0.25) is 4.90 Å². The minimum absolute atomic E-state index is 0.380. The van der Waals surface area contributed by atoms with Crippen LogP contribution in [0.15, 0.2) is 35.3 Å². The lowest BCUT2D eigenvalue weighted by molar-refractivity contribution is 0.265. The van der Waals surface area contributed by atoms with Crippen LogP contribution in [0.4, 0.5) is 0 Å². The average Bonchev–Trinajstić information content (AvgIpc) is 3.21. The van der Waals surface area contributed by atoms with Crippen LogP contribution >= 0.6 is 0 Å². The largest absolute Gasteiger partial charge is 0.352 e. The molecule has 3 rings (SSSR count). The van der Waals surface area contributed by atoms with Crippen LogP contribution < -0.4 is 10.6 Å². The van der Waals surface area contributed by atoms with Crippen LogP contribution in [0.2, 0.25) is 0 Å². The highest BCUT2D eigenvalue weighted by Gasteiger charge is 2.31. The first kappa shape index (κ1) is 20.3. The van der Waals surface area contributed by atoms with Gasteiger partial charge in [0.1, 0.15) is 5.82 Å². The third-order valence-corrected chi connectivity index (χ3v) is 5.55. The minimum atomic E-state index is 0.380. The van der Waals surface area contributed by atoms with Crippen LogP contribution in [0.5, 0.6) is 0 Å². The van der Waals surface area contributed by atoms with Gasteiger partial charge in [-0.25, -0.2) is 4.99 Å². The molecule has 0 saturated carbocycles. The van der Waals surface area contributed by atoms with Gasteiger partial charge in [0.25, 0.3) is 0 Å². The fourth-order valence-electron chi connectivity index (χ4n) is 3.46. The van der Waals surface area contributed by atoms with E-state index < -0.39 is 0 Å². The molecular formula is C21H33N7. The van der Waals surface area contributed by atoms with E-state index in [1.807, 2.05) is 36.7 Å². The number of nitrogens with one attached hydrogen (secondary N) is 2. The van der Waals surface area contributed by atoms with Crippen LogP contribution in [0, 0.1) is 12.8 Å². The first-order valence-electron chi connectivity index (χ1n) is 10.1. The Kier molecular flexibility index (Phi) is 6.67. The fourth-order valence-corrected chi connectivity index (χ4v) is 3.46. The van der Waals surface area contributed by atoms with E-state index in [2.05, 4.69) is 58.6 Å². The summed E-state index contributed by atoms with van der Waals surface area (Å²) in [6, 6.07) is 11.3. The number of rotatable bonds is 6. The molecule has 7 nitrogen and oxygen atoms in total. The summed E-state index contributed by atoms with van der Waals surface area (Å²) in [4.78, 5) is 7.35. The molecule has 2 N–H and O–H groups in total. The number of guanidine groups is 1. The van der Waals surface area contributed by atoms with Crippen LogP contribution in [-0.2, 0) is 20.1 Å². The molecule has 28 heavy (non-hydrogen) atoms. The molecule has 1 aliphatic heterocycles. The average molecular weight is 384 g/mol. The molecule has 2 heterocycles. The van der Waals surface area contributed by atoms with Gasteiger partial charge in [0.15, 0.2) is 11.8 Å². The lowest BCUT2D eigenvalue weighted by Gasteiger charge is -2.22. The lowest BCUT2D eigenvalue weighted by Crippen LogP contribution is -2.46. The molecular weight excluding hydrogens is 350 g/mol. The van der Waals surface area contributed by atoms with Crippen molar-refractivity contribution in [1.29, 1.82) is 0 Å². The number of aryl methyl sites for hydroxylation is 1. The predicted octanol–water partition coefficient (Wildman–Crippen LogP) is 2.09. The van der Waals surface area contributed by atoms with Gasteiger partial charge in [0.2, 0.25) is 0 Å². The zero-order valence-corrected chi connectivity index (χ0v) is 17.7. The third-order valence-electron chi connectivity index (χ3n) is 5.55. The van der Waals surface area contributed by atoms with Gasteiger partial charge in [-0.05, 0) is 32.3 Å². The number of hydrogen-bond acceptors (Lipinski definition) is 4. The SMILES string of the molecule is Cc1nnc(CNC(=NCc2ccccc2)NC2CN(C(C)C)CC2C)n1C. The summed E-state index contributed by atoms with van der Waals surface area (Å²) < 4.78 is 2.00. The molecule has 1 aromatic carbocycles. The maximum absolute atomic E-state index is 4.83. The molecule has 1 aliphatic rings. The lowest BCUT2D eigenvalue weighted by atomic mass is 10.1. The van der Waals surface area contributed by atoms with E-state index in [1.54, 1.807) is 0 Å². The summed E-state index contributed by atoms with van der Waals surface area (Å²) in [6.07, 6.45) is 0. The highest BCUT2D eigenvalue weighted by atomic mass is 15.3. The second-order valence-electron chi connectivity index (χ2n) is 8.00. The van der Waals surface area contributed by atoms with Crippen molar-refractivity contribution < 1.29 is 0 Å². The number of hydrogen-bond donors (Lipinski definition) is 2. The Morgan fingerprint density at radius 1 is 1.21 bits per heavy atom. The van der Waals surface area contributed by atoms with Crippen molar-refractivity contribution in [3.63, 3.8) is 0 Å². The highest BCUT2D eigenvalue weighted by Crippen LogP contribution is 2.18. The Morgan fingerprint density at radius 2 is 1.96 bits per heavy atom. The molecule has 0 bridgehead atoms. The van der Waals surface area contributed by atoms with E-state index in [0.29, 0.717) is 31.1 Å². The zero-order valence-electron chi connectivity index (χ0n) is 17.7. The number of aliphatic imine (C=N–C) groups is 1. The van der Waals surface area contributed by atoms with E-state index in [4.69, 9.17) is 4.99 Å². The van der Waals surface area contributed by atoms with E-state index >= 15 is 0 Å². The van der Waals surface area contributed by atoms with Crippen molar-refractivity contribution in [3.8, 4) is 0 Å². The van der Waals surface area contributed by atoms with Crippen LogP contribution in [-0.4, -0.2) is 50.8 Å². The summed E-state index contributed by atoms with van der Waals surface area (Å²) >= 11 is 0. The van der Waals surface area contributed by atoms with Gasteiger partial charge in [-0.2, -0.15) is 0 Å². The van der Waals surface area contributed by atoms with Crippen molar-refractivity contribution in [2.45, 2.75) is 52.9 Å². The molecule has 0 radical (unpaired) electrons. The first-order valence-corrected chi connectivity index (χ1v) is 10.1. The van der Waals surface area contributed by atoms with Gasteiger partial charge in [-0.1, -0.05) is 37.3 Å². The van der Waals surface area contributed by atoms with E-state index in [1.165, 1.54) is 5.56 Å². The standard InChI is InChI=1S/C21H33N7/c1-15(2)28-13-16(3)19(14-28)24-21(22-11-18-9-7-6-8-10-18)23-12-20-26-25-17(4)27(20)5/h6-10,15-16,19H,11-14H2,1-5H3,(H2,22,23,24). The van der Waals surface area contributed by atoms with Gasteiger partial charge < -0.3 is 15.2 Å². The minimum Gasteiger partial charge on any atom is -0.352 e. The second-order valence-corrected chi connectivity index (χ2v) is 8.00. The van der Waals surface area contributed by atoms with E-state index in [9.17, 15) is 0 Å². The molecule has 0 amide bonds. The van der Waals surface area contributed by atoms with Gasteiger partial charge in [0, 0.05) is 32.2 Å². The Morgan fingerprint density at radius 3 is 2.57 bits per heavy atom. The Balaban J connectivity index is 1.69. The van der Waals surface area contributed by atoms with E-state index in [0.717, 1.165) is 30.7 Å². The summed E-state index contributed by atoms with van der Waals surface area (Å²) in [7, 11) is 1.99. The fraction of sp³-hybridized carbons (Fsp3) is 0.571. The Hall–Kier alpha value is -2.41. The number of nitrogens with zero attached hydrogens (tertiary/aromatic N) is 5. The Bertz CT molecular complexity index is 781. The van der Waals surface area contributed by atoms with Crippen LogP contribution in [0.25, 0.3) is 0 Å². The summed E-state index contributed by atoms with van der Waals surface area (Å²) in [5.74, 6) is 3.20.